The maximum atomic E-state index is 14.0. The van der Waals surface area contributed by atoms with E-state index in [0.29, 0.717) is 16.9 Å². The molecule has 108 valence electrons. The number of nitrogens with one attached hydrogen (secondary N) is 2. The zero-order chi connectivity index (χ0) is 15.0. The van der Waals surface area contributed by atoms with E-state index in [2.05, 4.69) is 15.7 Å². The average Bonchev–Trinajstić information content (AvgIpc) is 2.77. The van der Waals surface area contributed by atoms with Gasteiger partial charge >= 0.3 is 5.97 Å². The van der Waals surface area contributed by atoms with Gasteiger partial charge in [-0.25, -0.2) is 14.6 Å². The smallest absolute Gasteiger partial charge is 0.337 e. The quantitative estimate of drug-likeness (QED) is 0.801. The van der Waals surface area contributed by atoms with Gasteiger partial charge in [-0.1, -0.05) is 6.07 Å². The third kappa shape index (κ3) is 2.27. The fraction of sp³-hybridized carbons (Fsp3) is 0.143. The second-order valence-corrected chi connectivity index (χ2v) is 4.66. The normalized spacial score (nSPS) is 16.7. The van der Waals surface area contributed by atoms with Crippen molar-refractivity contribution in [3.05, 3.63) is 53.6 Å². The summed E-state index contributed by atoms with van der Waals surface area (Å²) in [4.78, 5) is 15.1. The van der Waals surface area contributed by atoms with Gasteiger partial charge in [-0.2, -0.15) is 0 Å². The molecule has 1 atom stereocenters. The topological polar surface area (TPSA) is 77.5 Å². The van der Waals surface area contributed by atoms with Crippen molar-refractivity contribution in [2.45, 2.75) is 6.17 Å². The number of hydrogen-bond acceptors (Lipinski definition) is 5. The lowest BCUT2D eigenvalue weighted by molar-refractivity contribution is 0.0697. The predicted molar refractivity (Wildman–Crippen MR) is 75.5 cm³/mol. The number of benzene rings is 1. The standard InChI is InChI=1S/C14H13FN4O2/c1-19-11-4-2-3-9(15)12(11)13(18-19)17-10-7-16-6-5-8(10)14(20)21/h2-7,13,17-18H,1H3,(H,20,21). The van der Waals surface area contributed by atoms with Crippen LogP contribution in [0.3, 0.4) is 0 Å². The van der Waals surface area contributed by atoms with Gasteiger partial charge in [0.1, 0.15) is 12.0 Å². The first-order chi connectivity index (χ1) is 10.1. The van der Waals surface area contributed by atoms with Gasteiger partial charge in [0.05, 0.1) is 28.7 Å². The molecular weight excluding hydrogens is 275 g/mol. The summed E-state index contributed by atoms with van der Waals surface area (Å²) in [5.41, 5.74) is 4.59. The molecule has 1 aliphatic heterocycles. The molecule has 7 heteroatoms. The first-order valence-electron chi connectivity index (χ1n) is 6.30. The third-order valence-corrected chi connectivity index (χ3v) is 3.35. The first kappa shape index (κ1) is 13.3. The zero-order valence-electron chi connectivity index (χ0n) is 11.2. The first-order valence-corrected chi connectivity index (χ1v) is 6.30. The number of aromatic carboxylic acids is 1. The van der Waals surface area contributed by atoms with E-state index >= 15 is 0 Å². The van der Waals surface area contributed by atoms with Crippen LogP contribution in [0.25, 0.3) is 0 Å². The Morgan fingerprint density at radius 3 is 3.05 bits per heavy atom. The lowest BCUT2D eigenvalue weighted by Gasteiger charge is -2.18. The third-order valence-electron chi connectivity index (χ3n) is 3.35. The summed E-state index contributed by atoms with van der Waals surface area (Å²) in [7, 11) is 1.77. The Hall–Kier alpha value is -2.67. The molecule has 1 unspecified atom stereocenters. The molecule has 0 saturated heterocycles. The van der Waals surface area contributed by atoms with Crippen molar-refractivity contribution in [1.82, 2.24) is 10.4 Å². The van der Waals surface area contributed by atoms with E-state index in [9.17, 15) is 9.18 Å². The number of carboxylic acid groups (broad SMARTS) is 1. The minimum Gasteiger partial charge on any atom is -0.478 e. The lowest BCUT2D eigenvalue weighted by Crippen LogP contribution is -2.34. The largest absolute Gasteiger partial charge is 0.478 e. The van der Waals surface area contributed by atoms with Crippen LogP contribution in [0.5, 0.6) is 0 Å². The number of anilines is 2. The molecule has 2 heterocycles. The maximum Gasteiger partial charge on any atom is 0.337 e. The van der Waals surface area contributed by atoms with Crippen molar-refractivity contribution in [2.24, 2.45) is 0 Å². The number of hydrazine groups is 1. The van der Waals surface area contributed by atoms with Crippen LogP contribution in [0.1, 0.15) is 22.1 Å². The number of carbonyl (C=O) groups is 1. The number of aromatic nitrogens is 1. The van der Waals surface area contributed by atoms with Gasteiger partial charge in [-0.15, -0.1) is 0 Å². The Morgan fingerprint density at radius 2 is 2.29 bits per heavy atom. The molecule has 1 aromatic carbocycles. The van der Waals surface area contributed by atoms with E-state index in [1.807, 2.05) is 0 Å². The molecule has 6 nitrogen and oxygen atoms in total. The van der Waals surface area contributed by atoms with E-state index in [1.165, 1.54) is 24.5 Å². The van der Waals surface area contributed by atoms with Gasteiger partial charge in [0.25, 0.3) is 0 Å². The average molecular weight is 288 g/mol. The summed E-state index contributed by atoms with van der Waals surface area (Å²) in [6.45, 7) is 0. The molecule has 3 rings (SSSR count). The van der Waals surface area contributed by atoms with Crippen molar-refractivity contribution in [3.63, 3.8) is 0 Å². The minimum atomic E-state index is -1.07. The number of halogens is 1. The highest BCUT2D eigenvalue weighted by Crippen LogP contribution is 2.34. The Balaban J connectivity index is 1.97. The van der Waals surface area contributed by atoms with Gasteiger partial charge in [0, 0.05) is 13.2 Å². The number of hydrogen-bond donors (Lipinski definition) is 3. The number of pyridine rings is 1. The van der Waals surface area contributed by atoms with E-state index in [-0.39, 0.29) is 11.4 Å². The van der Waals surface area contributed by atoms with Crippen LogP contribution in [-0.2, 0) is 0 Å². The second kappa shape index (κ2) is 5.02. The number of rotatable bonds is 3. The van der Waals surface area contributed by atoms with Crippen LogP contribution in [0.4, 0.5) is 15.8 Å². The molecule has 0 radical (unpaired) electrons. The molecule has 0 amide bonds. The minimum absolute atomic E-state index is 0.0826. The number of carboxylic acids is 1. The molecule has 0 fully saturated rings. The van der Waals surface area contributed by atoms with E-state index in [1.54, 1.807) is 24.2 Å². The Morgan fingerprint density at radius 1 is 1.48 bits per heavy atom. The monoisotopic (exact) mass is 288 g/mol. The fourth-order valence-electron chi connectivity index (χ4n) is 2.39. The molecule has 3 N–H and O–H groups in total. The SMILES string of the molecule is CN1NC(Nc2cnccc2C(=O)O)c2c(F)cccc21. The molecule has 0 aliphatic carbocycles. The Bertz CT molecular complexity index is 707. The molecule has 21 heavy (non-hydrogen) atoms. The molecular formula is C14H13FN4O2. The highest BCUT2D eigenvalue weighted by atomic mass is 19.1. The summed E-state index contributed by atoms with van der Waals surface area (Å²) in [6.07, 6.45) is 2.25. The van der Waals surface area contributed by atoms with Crippen LogP contribution in [0.15, 0.2) is 36.7 Å². The lowest BCUT2D eigenvalue weighted by atomic mass is 10.1. The Kier molecular flexibility index (Phi) is 3.19. The van der Waals surface area contributed by atoms with Gasteiger partial charge < -0.3 is 15.4 Å². The van der Waals surface area contributed by atoms with Crippen LogP contribution in [0, 0.1) is 5.82 Å². The second-order valence-electron chi connectivity index (χ2n) is 4.66. The van der Waals surface area contributed by atoms with Crippen LogP contribution >= 0.6 is 0 Å². The summed E-state index contributed by atoms with van der Waals surface area (Å²) < 4.78 is 14.0. The molecule has 2 aromatic rings. The van der Waals surface area contributed by atoms with Gasteiger partial charge in [-0.05, 0) is 18.2 Å². The van der Waals surface area contributed by atoms with Gasteiger partial charge in [0.2, 0.25) is 0 Å². The summed E-state index contributed by atoms with van der Waals surface area (Å²) in [5, 5.41) is 13.8. The van der Waals surface area contributed by atoms with Crippen molar-refractivity contribution in [2.75, 3.05) is 17.4 Å². The number of nitrogens with zero attached hydrogens (tertiary/aromatic N) is 2. The molecule has 0 spiro atoms. The summed E-state index contributed by atoms with van der Waals surface area (Å²) in [6, 6.07) is 6.18. The molecule has 0 saturated carbocycles. The highest BCUT2D eigenvalue weighted by molar-refractivity contribution is 5.94. The maximum absolute atomic E-state index is 14.0. The van der Waals surface area contributed by atoms with Crippen molar-refractivity contribution < 1.29 is 14.3 Å². The van der Waals surface area contributed by atoms with Crippen LogP contribution in [-0.4, -0.2) is 23.1 Å². The fourth-order valence-corrected chi connectivity index (χ4v) is 2.39. The van der Waals surface area contributed by atoms with E-state index < -0.39 is 12.1 Å². The van der Waals surface area contributed by atoms with E-state index in [4.69, 9.17) is 5.11 Å². The zero-order valence-corrected chi connectivity index (χ0v) is 11.2. The Labute approximate surface area is 120 Å². The molecule has 0 bridgehead atoms. The molecule has 1 aromatic heterocycles. The van der Waals surface area contributed by atoms with Crippen LogP contribution in [0.2, 0.25) is 0 Å². The number of fused-ring (bicyclic) bond motifs is 1. The predicted octanol–water partition coefficient (Wildman–Crippen LogP) is 1.98. The van der Waals surface area contributed by atoms with Gasteiger partial charge in [0.15, 0.2) is 0 Å². The highest BCUT2D eigenvalue weighted by Gasteiger charge is 2.29. The van der Waals surface area contributed by atoms with Crippen molar-refractivity contribution in [3.8, 4) is 0 Å². The summed E-state index contributed by atoms with van der Waals surface area (Å²) in [5.74, 6) is -1.43. The summed E-state index contributed by atoms with van der Waals surface area (Å²) >= 11 is 0. The van der Waals surface area contributed by atoms with Crippen LogP contribution < -0.4 is 15.8 Å². The van der Waals surface area contributed by atoms with Crippen molar-refractivity contribution >= 4 is 17.3 Å². The van der Waals surface area contributed by atoms with Crippen molar-refractivity contribution in [1.29, 1.82) is 0 Å². The van der Waals surface area contributed by atoms with E-state index in [0.717, 1.165) is 0 Å². The van der Waals surface area contributed by atoms with Gasteiger partial charge in [-0.3, -0.25) is 4.98 Å². The molecule has 1 aliphatic rings.